The molecular formula is C25H42N2O4. The van der Waals surface area contributed by atoms with Crippen molar-refractivity contribution in [3.8, 4) is 0 Å². The number of nitrogens with two attached hydrogens (primary N) is 1. The summed E-state index contributed by atoms with van der Waals surface area (Å²) in [6, 6.07) is 0. The monoisotopic (exact) mass is 434 g/mol. The first-order chi connectivity index (χ1) is 15.0. The molecular weight excluding hydrogens is 392 g/mol. The van der Waals surface area contributed by atoms with Gasteiger partial charge in [0.25, 0.3) is 0 Å². The summed E-state index contributed by atoms with van der Waals surface area (Å²) in [7, 11) is 0. The number of likely N-dealkylation sites (tertiary alicyclic amines) is 1. The Hall–Kier alpha value is -0.980. The molecule has 3 saturated carbocycles. The third kappa shape index (κ3) is 5.51. The van der Waals surface area contributed by atoms with Crippen molar-refractivity contribution < 1.29 is 19.4 Å². The van der Waals surface area contributed by atoms with Crippen molar-refractivity contribution in [2.75, 3.05) is 26.2 Å². The van der Waals surface area contributed by atoms with Crippen LogP contribution in [-0.2, 0) is 14.3 Å². The molecule has 0 aromatic rings. The number of carbonyl (C=O) groups is 2. The molecule has 3 aliphatic carbocycles. The largest absolute Gasteiger partial charge is 0.382 e. The second-order valence-electron chi connectivity index (χ2n) is 10.8. The van der Waals surface area contributed by atoms with Gasteiger partial charge >= 0.3 is 0 Å². The fourth-order valence-electron chi connectivity index (χ4n) is 6.46. The van der Waals surface area contributed by atoms with Crippen LogP contribution in [0.2, 0.25) is 0 Å². The van der Waals surface area contributed by atoms with Gasteiger partial charge in [0.15, 0.2) is 5.78 Å². The SMILES string of the molecule is NCC1CCCC(C2CCN(C(=O)C3CCCC(OCC(=O)C4(O)CCC4)C3)CC2)C1. The Kier molecular flexibility index (Phi) is 7.71. The van der Waals surface area contributed by atoms with Gasteiger partial charge in [-0.25, -0.2) is 0 Å². The lowest BCUT2D eigenvalue weighted by molar-refractivity contribution is -0.154. The molecule has 4 unspecified atom stereocenters. The Morgan fingerprint density at radius 3 is 2.35 bits per heavy atom. The zero-order valence-electron chi connectivity index (χ0n) is 19.1. The van der Waals surface area contributed by atoms with Crippen LogP contribution in [0.15, 0.2) is 0 Å². The molecule has 1 amide bonds. The Labute approximate surface area is 187 Å². The number of nitrogens with zero attached hydrogens (tertiary/aromatic N) is 1. The number of Topliss-reactive ketones (excluding diaryl/α,β-unsaturated/α-hetero) is 1. The molecule has 176 valence electrons. The van der Waals surface area contributed by atoms with Crippen molar-refractivity contribution >= 4 is 11.7 Å². The van der Waals surface area contributed by atoms with E-state index in [1.807, 2.05) is 0 Å². The van der Waals surface area contributed by atoms with Gasteiger partial charge in [-0.2, -0.15) is 0 Å². The molecule has 1 heterocycles. The van der Waals surface area contributed by atoms with E-state index < -0.39 is 5.60 Å². The topological polar surface area (TPSA) is 92.9 Å². The molecule has 4 aliphatic rings. The second-order valence-corrected chi connectivity index (χ2v) is 10.8. The normalized spacial score (nSPS) is 34.2. The van der Waals surface area contributed by atoms with Crippen LogP contribution in [0, 0.1) is 23.7 Å². The minimum absolute atomic E-state index is 0.0152. The first-order valence-corrected chi connectivity index (χ1v) is 12.8. The Balaban J connectivity index is 1.21. The van der Waals surface area contributed by atoms with E-state index in [0.29, 0.717) is 31.1 Å². The van der Waals surface area contributed by atoms with E-state index in [0.717, 1.165) is 70.0 Å². The zero-order valence-corrected chi connectivity index (χ0v) is 19.1. The van der Waals surface area contributed by atoms with Gasteiger partial charge in [0.2, 0.25) is 5.91 Å². The first kappa shape index (κ1) is 23.2. The van der Waals surface area contributed by atoms with Gasteiger partial charge < -0.3 is 20.5 Å². The molecule has 6 heteroatoms. The number of carbonyl (C=O) groups excluding carboxylic acids is 2. The molecule has 0 aromatic carbocycles. The number of hydrogen-bond donors (Lipinski definition) is 2. The highest BCUT2D eigenvalue weighted by Crippen LogP contribution is 2.39. The van der Waals surface area contributed by atoms with Crippen LogP contribution in [0.4, 0.5) is 0 Å². The molecule has 1 saturated heterocycles. The van der Waals surface area contributed by atoms with E-state index in [4.69, 9.17) is 10.5 Å². The third-order valence-corrected chi connectivity index (χ3v) is 8.80. The van der Waals surface area contributed by atoms with Gasteiger partial charge in [0.05, 0.1) is 6.10 Å². The molecule has 0 spiro atoms. The van der Waals surface area contributed by atoms with Gasteiger partial charge in [0.1, 0.15) is 12.2 Å². The van der Waals surface area contributed by atoms with Crippen LogP contribution in [-0.4, -0.2) is 59.6 Å². The van der Waals surface area contributed by atoms with Gasteiger partial charge in [-0.05, 0) is 88.5 Å². The average molecular weight is 435 g/mol. The minimum atomic E-state index is -1.14. The van der Waals surface area contributed by atoms with Crippen LogP contribution in [0.1, 0.15) is 83.5 Å². The lowest BCUT2D eigenvalue weighted by Gasteiger charge is -2.41. The maximum Gasteiger partial charge on any atom is 0.225 e. The molecule has 4 fully saturated rings. The molecule has 4 rings (SSSR count). The highest BCUT2D eigenvalue weighted by Gasteiger charge is 2.42. The smallest absolute Gasteiger partial charge is 0.225 e. The third-order valence-electron chi connectivity index (χ3n) is 8.80. The molecule has 0 radical (unpaired) electrons. The predicted molar refractivity (Wildman–Crippen MR) is 119 cm³/mol. The van der Waals surface area contributed by atoms with Crippen LogP contribution in [0.25, 0.3) is 0 Å². The summed E-state index contributed by atoms with van der Waals surface area (Å²) in [5.74, 6) is 2.38. The van der Waals surface area contributed by atoms with E-state index >= 15 is 0 Å². The maximum atomic E-state index is 13.2. The summed E-state index contributed by atoms with van der Waals surface area (Å²) in [5, 5.41) is 10.2. The standard InChI is InChI=1S/C25H42N2O4/c26-16-18-4-1-5-20(14-18)19-8-12-27(13-9-19)24(29)21-6-2-7-22(15-21)31-17-23(28)25(30)10-3-11-25/h18-22,30H,1-17,26H2. The number of piperidine rings is 1. The highest BCUT2D eigenvalue weighted by atomic mass is 16.5. The van der Waals surface area contributed by atoms with E-state index in [1.54, 1.807) is 0 Å². The van der Waals surface area contributed by atoms with Gasteiger partial charge in [-0.15, -0.1) is 0 Å². The quantitative estimate of drug-likeness (QED) is 0.642. The van der Waals surface area contributed by atoms with Crippen LogP contribution in [0.5, 0.6) is 0 Å². The molecule has 3 N–H and O–H groups in total. The van der Waals surface area contributed by atoms with Crippen molar-refractivity contribution in [2.45, 2.75) is 95.2 Å². The number of ether oxygens (including phenoxy) is 1. The average Bonchev–Trinajstić information content (AvgIpc) is 2.80. The molecule has 31 heavy (non-hydrogen) atoms. The number of hydrogen-bond acceptors (Lipinski definition) is 5. The highest BCUT2D eigenvalue weighted by molar-refractivity contribution is 5.89. The minimum Gasteiger partial charge on any atom is -0.382 e. The molecule has 0 aromatic heterocycles. The summed E-state index contributed by atoms with van der Waals surface area (Å²) in [4.78, 5) is 27.5. The lowest BCUT2D eigenvalue weighted by Crippen LogP contribution is -2.48. The van der Waals surface area contributed by atoms with Crippen LogP contribution >= 0.6 is 0 Å². The summed E-state index contributed by atoms with van der Waals surface area (Å²) in [6.07, 6.45) is 13.0. The summed E-state index contributed by atoms with van der Waals surface area (Å²) in [5.41, 5.74) is 4.78. The van der Waals surface area contributed by atoms with Gasteiger partial charge in [-0.1, -0.05) is 19.3 Å². The van der Waals surface area contributed by atoms with Crippen molar-refractivity contribution in [3.05, 3.63) is 0 Å². The Bertz CT molecular complexity index is 627. The van der Waals surface area contributed by atoms with Gasteiger partial charge in [-0.3, -0.25) is 9.59 Å². The number of amides is 1. The zero-order chi connectivity index (χ0) is 21.8. The number of rotatable bonds is 7. The first-order valence-electron chi connectivity index (χ1n) is 12.8. The van der Waals surface area contributed by atoms with Crippen molar-refractivity contribution in [2.24, 2.45) is 29.4 Å². The van der Waals surface area contributed by atoms with E-state index in [-0.39, 0.29) is 24.4 Å². The Morgan fingerprint density at radius 2 is 1.68 bits per heavy atom. The second kappa shape index (κ2) is 10.3. The van der Waals surface area contributed by atoms with Crippen molar-refractivity contribution in [3.63, 3.8) is 0 Å². The van der Waals surface area contributed by atoms with E-state index in [2.05, 4.69) is 4.90 Å². The van der Waals surface area contributed by atoms with E-state index in [1.165, 1.54) is 25.7 Å². The fraction of sp³-hybridized carbons (Fsp3) is 0.920. The van der Waals surface area contributed by atoms with Crippen molar-refractivity contribution in [1.82, 2.24) is 4.90 Å². The number of aliphatic hydroxyl groups is 1. The molecule has 0 bridgehead atoms. The van der Waals surface area contributed by atoms with Crippen LogP contribution < -0.4 is 5.73 Å². The molecule has 4 atom stereocenters. The Morgan fingerprint density at radius 1 is 0.935 bits per heavy atom. The van der Waals surface area contributed by atoms with Crippen molar-refractivity contribution in [1.29, 1.82) is 0 Å². The predicted octanol–water partition coefficient (Wildman–Crippen LogP) is 3.05. The lowest BCUT2D eigenvalue weighted by atomic mass is 9.72. The molecule has 1 aliphatic heterocycles. The maximum absolute atomic E-state index is 13.2. The van der Waals surface area contributed by atoms with E-state index in [9.17, 15) is 14.7 Å². The number of ketones is 1. The summed E-state index contributed by atoms with van der Waals surface area (Å²) >= 11 is 0. The fourth-order valence-corrected chi connectivity index (χ4v) is 6.46. The van der Waals surface area contributed by atoms with Crippen LogP contribution in [0.3, 0.4) is 0 Å². The van der Waals surface area contributed by atoms with Gasteiger partial charge in [0, 0.05) is 19.0 Å². The molecule has 6 nitrogen and oxygen atoms in total. The summed E-state index contributed by atoms with van der Waals surface area (Å²) < 4.78 is 5.86. The summed E-state index contributed by atoms with van der Waals surface area (Å²) in [6.45, 7) is 2.59.